The maximum Gasteiger partial charge on any atom is 0.275 e. The Kier molecular flexibility index (Phi) is 7.22. The number of amides is 2. The van der Waals surface area contributed by atoms with Gasteiger partial charge in [-0.2, -0.15) is 0 Å². The summed E-state index contributed by atoms with van der Waals surface area (Å²) >= 11 is 3.08. The first-order valence-corrected chi connectivity index (χ1v) is 12.6. The second-order valence-electron chi connectivity index (χ2n) is 7.68. The maximum absolute atomic E-state index is 13.1. The molecule has 1 aliphatic heterocycles. The molecule has 4 rings (SSSR count). The van der Waals surface area contributed by atoms with E-state index in [1.54, 1.807) is 29.3 Å². The van der Waals surface area contributed by atoms with E-state index < -0.39 is 0 Å². The molecule has 0 aliphatic carbocycles. The first-order valence-electron chi connectivity index (χ1n) is 10.5. The number of piperidine rings is 1. The molecule has 8 heteroatoms. The van der Waals surface area contributed by atoms with E-state index in [2.05, 4.69) is 10.3 Å². The largest absolute Gasteiger partial charge is 0.342 e. The van der Waals surface area contributed by atoms with Crippen LogP contribution in [0.2, 0.25) is 0 Å². The Morgan fingerprint density at radius 2 is 1.88 bits per heavy atom. The molecule has 0 radical (unpaired) electrons. The summed E-state index contributed by atoms with van der Waals surface area (Å²) < 4.78 is 13.1. The van der Waals surface area contributed by atoms with E-state index in [1.165, 1.54) is 23.5 Å². The van der Waals surface area contributed by atoms with E-state index in [4.69, 9.17) is 0 Å². The van der Waals surface area contributed by atoms with Gasteiger partial charge in [0, 0.05) is 29.3 Å². The Balaban J connectivity index is 1.32. The van der Waals surface area contributed by atoms with Crippen molar-refractivity contribution in [2.45, 2.75) is 30.1 Å². The van der Waals surface area contributed by atoms with Crippen LogP contribution in [0, 0.1) is 5.82 Å². The number of rotatable bonds is 6. The summed E-state index contributed by atoms with van der Waals surface area (Å²) in [4.78, 5) is 32.7. The second kappa shape index (κ2) is 10.3. The predicted molar refractivity (Wildman–Crippen MR) is 127 cm³/mol. The molecule has 1 saturated heterocycles. The number of aromatic nitrogens is 1. The fourth-order valence-electron chi connectivity index (χ4n) is 3.78. The molecule has 2 amide bonds. The molecule has 2 heterocycles. The summed E-state index contributed by atoms with van der Waals surface area (Å²) in [5.74, 6) is -0.204. The van der Waals surface area contributed by atoms with Crippen LogP contribution in [0.5, 0.6) is 0 Å². The van der Waals surface area contributed by atoms with Gasteiger partial charge in [-0.3, -0.25) is 9.59 Å². The fourth-order valence-corrected chi connectivity index (χ4v) is 5.30. The Bertz CT molecular complexity index is 1090. The van der Waals surface area contributed by atoms with Gasteiger partial charge in [-0.05, 0) is 48.9 Å². The number of benzene rings is 2. The quantitative estimate of drug-likeness (QED) is 0.504. The van der Waals surface area contributed by atoms with Crippen LogP contribution in [-0.4, -0.2) is 41.0 Å². The third-order valence-corrected chi connectivity index (χ3v) is 7.38. The van der Waals surface area contributed by atoms with Gasteiger partial charge in [0.15, 0.2) is 0 Å². The number of thiazole rings is 1. The Hall–Kier alpha value is -2.71. The van der Waals surface area contributed by atoms with Crippen molar-refractivity contribution in [2.24, 2.45) is 0 Å². The lowest BCUT2D eigenvalue weighted by Crippen LogP contribution is -2.38. The van der Waals surface area contributed by atoms with Crippen molar-refractivity contribution in [2.75, 3.05) is 24.7 Å². The van der Waals surface area contributed by atoms with E-state index in [-0.39, 0.29) is 30.0 Å². The standard InChI is InChI=1S/C24H24FN3O2S2/c1-31-21-5-3-2-4-19(21)26-23(30)20-15-32-24(27-20)17-10-12-28(13-11-17)22(29)14-16-6-8-18(25)9-7-16/h2-9,15,17H,10-14H2,1H3,(H,26,30). The fraction of sp³-hybridized carbons (Fsp3) is 0.292. The molecular formula is C24H24FN3O2S2. The lowest BCUT2D eigenvalue weighted by Gasteiger charge is -2.31. The van der Waals surface area contributed by atoms with Crippen molar-refractivity contribution >= 4 is 40.6 Å². The molecule has 1 fully saturated rings. The number of likely N-dealkylation sites (tertiary alicyclic amines) is 1. The number of thioether (sulfide) groups is 1. The van der Waals surface area contributed by atoms with Gasteiger partial charge < -0.3 is 10.2 Å². The molecule has 5 nitrogen and oxygen atoms in total. The minimum absolute atomic E-state index is 0.0572. The molecule has 32 heavy (non-hydrogen) atoms. The molecule has 0 atom stereocenters. The topological polar surface area (TPSA) is 62.3 Å². The number of para-hydroxylation sites is 1. The third kappa shape index (κ3) is 5.37. The normalized spacial score (nSPS) is 14.4. The number of nitrogens with one attached hydrogen (secondary N) is 1. The summed E-state index contributed by atoms with van der Waals surface area (Å²) in [5.41, 5.74) is 2.03. The molecule has 0 saturated carbocycles. The second-order valence-corrected chi connectivity index (χ2v) is 9.42. The minimum Gasteiger partial charge on any atom is -0.342 e. The zero-order valence-electron chi connectivity index (χ0n) is 17.7. The van der Waals surface area contributed by atoms with Crippen LogP contribution >= 0.6 is 23.1 Å². The van der Waals surface area contributed by atoms with Gasteiger partial charge in [0.25, 0.3) is 5.91 Å². The minimum atomic E-state index is -0.299. The lowest BCUT2D eigenvalue weighted by molar-refractivity contribution is -0.131. The van der Waals surface area contributed by atoms with Crippen molar-refractivity contribution in [3.05, 3.63) is 76.0 Å². The molecule has 1 aromatic heterocycles. The van der Waals surface area contributed by atoms with E-state index >= 15 is 0 Å². The molecule has 1 aliphatic rings. The van der Waals surface area contributed by atoms with Crippen molar-refractivity contribution in [3.63, 3.8) is 0 Å². The van der Waals surface area contributed by atoms with Gasteiger partial charge in [-0.25, -0.2) is 9.37 Å². The Labute approximate surface area is 195 Å². The van der Waals surface area contributed by atoms with Crippen molar-refractivity contribution < 1.29 is 14.0 Å². The lowest BCUT2D eigenvalue weighted by atomic mass is 9.97. The van der Waals surface area contributed by atoms with Crippen LogP contribution < -0.4 is 5.32 Å². The van der Waals surface area contributed by atoms with Crippen LogP contribution in [0.3, 0.4) is 0 Å². The molecule has 2 aromatic carbocycles. The number of carbonyl (C=O) groups excluding carboxylic acids is 2. The van der Waals surface area contributed by atoms with Gasteiger partial charge in [-0.1, -0.05) is 24.3 Å². The molecule has 0 unspecified atom stereocenters. The SMILES string of the molecule is CSc1ccccc1NC(=O)c1csc(C2CCN(C(=O)Cc3ccc(F)cc3)CC2)n1. The molecule has 0 spiro atoms. The number of nitrogens with zero attached hydrogens (tertiary/aromatic N) is 2. The summed E-state index contributed by atoms with van der Waals surface area (Å²) in [7, 11) is 0. The van der Waals surface area contributed by atoms with Gasteiger partial charge in [0.1, 0.15) is 11.5 Å². The van der Waals surface area contributed by atoms with Gasteiger partial charge in [0.05, 0.1) is 17.1 Å². The number of halogens is 1. The average Bonchev–Trinajstić information content (AvgIpc) is 3.31. The molecular weight excluding hydrogens is 445 g/mol. The zero-order chi connectivity index (χ0) is 22.5. The van der Waals surface area contributed by atoms with Crippen LogP contribution in [0.1, 0.15) is 39.8 Å². The van der Waals surface area contributed by atoms with Crippen LogP contribution in [-0.2, 0) is 11.2 Å². The van der Waals surface area contributed by atoms with Gasteiger partial charge >= 0.3 is 0 Å². The first-order chi connectivity index (χ1) is 15.5. The zero-order valence-corrected chi connectivity index (χ0v) is 19.3. The van der Waals surface area contributed by atoms with E-state index in [0.29, 0.717) is 18.8 Å². The number of hydrogen-bond acceptors (Lipinski definition) is 5. The van der Waals surface area contributed by atoms with E-state index in [9.17, 15) is 14.0 Å². The number of hydrogen-bond donors (Lipinski definition) is 1. The number of carbonyl (C=O) groups is 2. The predicted octanol–water partition coefficient (Wildman–Crippen LogP) is 5.21. The average molecular weight is 470 g/mol. The molecule has 166 valence electrons. The third-order valence-electron chi connectivity index (χ3n) is 5.58. The Morgan fingerprint density at radius 3 is 2.59 bits per heavy atom. The summed E-state index contributed by atoms with van der Waals surface area (Å²) in [6.07, 6.45) is 3.89. The van der Waals surface area contributed by atoms with E-state index in [1.807, 2.05) is 35.4 Å². The smallest absolute Gasteiger partial charge is 0.275 e. The first kappa shape index (κ1) is 22.5. The van der Waals surface area contributed by atoms with E-state index in [0.717, 1.165) is 34.0 Å². The van der Waals surface area contributed by atoms with Crippen molar-refractivity contribution in [3.8, 4) is 0 Å². The Morgan fingerprint density at radius 1 is 1.16 bits per heavy atom. The summed E-state index contributed by atoms with van der Waals surface area (Å²) in [6, 6.07) is 13.8. The van der Waals surface area contributed by atoms with Crippen molar-refractivity contribution in [1.82, 2.24) is 9.88 Å². The number of anilines is 1. The maximum atomic E-state index is 13.1. The highest BCUT2D eigenvalue weighted by atomic mass is 32.2. The van der Waals surface area contributed by atoms with Gasteiger partial charge in [-0.15, -0.1) is 23.1 Å². The van der Waals surface area contributed by atoms with Gasteiger partial charge in [0.2, 0.25) is 5.91 Å². The summed E-state index contributed by atoms with van der Waals surface area (Å²) in [5, 5.41) is 5.70. The summed E-state index contributed by atoms with van der Waals surface area (Å²) in [6.45, 7) is 1.32. The monoisotopic (exact) mass is 469 g/mol. The highest BCUT2D eigenvalue weighted by Gasteiger charge is 2.26. The van der Waals surface area contributed by atoms with Crippen molar-refractivity contribution in [1.29, 1.82) is 0 Å². The van der Waals surface area contributed by atoms with Crippen LogP contribution in [0.4, 0.5) is 10.1 Å². The molecule has 0 bridgehead atoms. The molecule has 1 N–H and O–H groups in total. The highest BCUT2D eigenvalue weighted by Crippen LogP contribution is 2.31. The highest BCUT2D eigenvalue weighted by molar-refractivity contribution is 7.98. The molecule has 3 aromatic rings. The van der Waals surface area contributed by atoms with Crippen LogP contribution in [0.15, 0.2) is 58.8 Å². The van der Waals surface area contributed by atoms with Crippen LogP contribution in [0.25, 0.3) is 0 Å².